The van der Waals surface area contributed by atoms with Crippen molar-refractivity contribution in [2.24, 2.45) is 0 Å². The number of aliphatic carboxylic acids is 1. The molecule has 1 aliphatic heterocycles. The van der Waals surface area contributed by atoms with Crippen LogP contribution >= 0.6 is 0 Å². The second kappa shape index (κ2) is 5.66. The number of methoxy groups -OCH3 is 1. The van der Waals surface area contributed by atoms with E-state index in [9.17, 15) is 9.90 Å². The maximum Gasteiger partial charge on any atom is 0.328 e. The van der Waals surface area contributed by atoms with Crippen LogP contribution in [0.5, 0.6) is 5.75 Å². The van der Waals surface area contributed by atoms with Crippen LogP contribution in [0.15, 0.2) is 18.2 Å². The van der Waals surface area contributed by atoms with Gasteiger partial charge in [0.1, 0.15) is 11.3 Å². The average Bonchev–Trinajstić information content (AvgIpc) is 3.12. The molecule has 1 aliphatic carbocycles. The maximum atomic E-state index is 11.9. The van der Waals surface area contributed by atoms with Gasteiger partial charge in [0.25, 0.3) is 0 Å². The van der Waals surface area contributed by atoms with Gasteiger partial charge < -0.3 is 14.6 Å². The average molecular weight is 291 g/mol. The summed E-state index contributed by atoms with van der Waals surface area (Å²) in [6, 6.07) is 5.70. The summed E-state index contributed by atoms with van der Waals surface area (Å²) in [7, 11) is 1.60. The molecule has 1 saturated heterocycles. The Labute approximate surface area is 124 Å². The number of hydrogen-bond acceptors (Lipinski definition) is 4. The number of aryl methyl sites for hydroxylation is 1. The molecule has 1 fully saturated rings. The molecule has 21 heavy (non-hydrogen) atoms. The van der Waals surface area contributed by atoms with Gasteiger partial charge in [0.2, 0.25) is 0 Å². The van der Waals surface area contributed by atoms with Gasteiger partial charge in [-0.05, 0) is 48.9 Å². The predicted molar refractivity (Wildman–Crippen MR) is 77.6 cm³/mol. The number of carboxylic acid groups (broad SMARTS) is 1. The van der Waals surface area contributed by atoms with Crippen molar-refractivity contribution >= 4 is 5.97 Å². The van der Waals surface area contributed by atoms with Gasteiger partial charge in [0.15, 0.2) is 0 Å². The summed E-state index contributed by atoms with van der Waals surface area (Å²) in [6.07, 6.45) is 3.50. The van der Waals surface area contributed by atoms with Gasteiger partial charge >= 0.3 is 5.97 Å². The molecule has 1 heterocycles. The third kappa shape index (κ3) is 2.51. The second-order valence-corrected chi connectivity index (χ2v) is 5.75. The SMILES string of the molecule is COc1ccc2c(c1)C(NCC1CCCO1)(C(=O)O)CC2. The minimum atomic E-state index is -1.02. The fourth-order valence-electron chi connectivity index (χ4n) is 3.33. The molecule has 3 rings (SSSR count). The van der Waals surface area contributed by atoms with Crippen LogP contribution in [0.1, 0.15) is 30.4 Å². The van der Waals surface area contributed by atoms with Crippen LogP contribution in [0.25, 0.3) is 0 Å². The molecular formula is C16H21NO4. The quantitative estimate of drug-likeness (QED) is 0.864. The Bertz CT molecular complexity index is 539. The molecule has 0 spiro atoms. The largest absolute Gasteiger partial charge is 0.497 e. The van der Waals surface area contributed by atoms with Crippen LogP contribution < -0.4 is 10.1 Å². The lowest BCUT2D eigenvalue weighted by atomic mass is 9.91. The van der Waals surface area contributed by atoms with Crippen LogP contribution in [-0.2, 0) is 21.5 Å². The molecule has 2 atom stereocenters. The molecule has 0 aromatic heterocycles. The molecule has 0 radical (unpaired) electrons. The number of hydrogen-bond donors (Lipinski definition) is 2. The smallest absolute Gasteiger partial charge is 0.328 e. The summed E-state index contributed by atoms with van der Waals surface area (Å²) in [5, 5.41) is 13.1. The molecule has 2 unspecified atom stereocenters. The minimum absolute atomic E-state index is 0.121. The van der Waals surface area contributed by atoms with Crippen molar-refractivity contribution in [2.75, 3.05) is 20.3 Å². The number of carboxylic acids is 1. The van der Waals surface area contributed by atoms with Gasteiger partial charge in [-0.3, -0.25) is 5.32 Å². The Kier molecular flexibility index (Phi) is 3.87. The lowest BCUT2D eigenvalue weighted by molar-refractivity contribution is -0.145. The highest BCUT2D eigenvalue weighted by atomic mass is 16.5. The Morgan fingerprint density at radius 3 is 3.10 bits per heavy atom. The zero-order chi connectivity index (χ0) is 14.9. The standard InChI is InChI=1S/C16H21NO4/c1-20-12-5-4-11-6-7-16(15(18)19,14(11)9-12)17-10-13-3-2-8-21-13/h4-5,9,13,17H,2-3,6-8,10H2,1H3,(H,18,19). The van der Waals surface area contributed by atoms with Gasteiger partial charge in [-0.15, -0.1) is 0 Å². The van der Waals surface area contributed by atoms with E-state index in [1.54, 1.807) is 7.11 Å². The van der Waals surface area contributed by atoms with E-state index in [0.717, 1.165) is 37.0 Å². The highest BCUT2D eigenvalue weighted by molar-refractivity contribution is 5.83. The van der Waals surface area contributed by atoms with E-state index < -0.39 is 11.5 Å². The summed E-state index contributed by atoms with van der Waals surface area (Å²) in [4.78, 5) is 11.9. The van der Waals surface area contributed by atoms with Gasteiger partial charge in [-0.25, -0.2) is 4.79 Å². The molecule has 0 bridgehead atoms. The first-order valence-electron chi connectivity index (χ1n) is 7.43. The number of benzene rings is 1. The molecule has 1 aromatic rings. The summed E-state index contributed by atoms with van der Waals surface area (Å²) < 4.78 is 10.8. The predicted octanol–water partition coefficient (Wildman–Crippen LogP) is 1.69. The minimum Gasteiger partial charge on any atom is -0.497 e. The molecule has 2 N–H and O–H groups in total. The van der Waals surface area contributed by atoms with Gasteiger partial charge in [-0.2, -0.15) is 0 Å². The number of rotatable bonds is 5. The maximum absolute atomic E-state index is 11.9. The molecular weight excluding hydrogens is 270 g/mol. The monoisotopic (exact) mass is 291 g/mol. The lowest BCUT2D eigenvalue weighted by Gasteiger charge is -2.28. The first-order valence-corrected chi connectivity index (χ1v) is 7.43. The molecule has 0 amide bonds. The van der Waals surface area contributed by atoms with Crippen LogP contribution in [0, 0.1) is 0 Å². The first-order chi connectivity index (χ1) is 10.2. The first kappa shape index (κ1) is 14.4. The zero-order valence-electron chi connectivity index (χ0n) is 12.2. The number of carbonyl (C=O) groups is 1. The van der Waals surface area contributed by atoms with E-state index in [2.05, 4.69) is 5.32 Å². The van der Waals surface area contributed by atoms with E-state index in [0.29, 0.717) is 18.7 Å². The van der Waals surface area contributed by atoms with Crippen molar-refractivity contribution < 1.29 is 19.4 Å². The second-order valence-electron chi connectivity index (χ2n) is 5.75. The van der Waals surface area contributed by atoms with Crippen molar-refractivity contribution in [3.63, 3.8) is 0 Å². The van der Waals surface area contributed by atoms with Crippen molar-refractivity contribution in [1.29, 1.82) is 0 Å². The third-order valence-electron chi connectivity index (χ3n) is 4.57. The highest BCUT2D eigenvalue weighted by Gasteiger charge is 2.46. The highest BCUT2D eigenvalue weighted by Crippen LogP contribution is 2.39. The van der Waals surface area contributed by atoms with Crippen LogP contribution in [0.4, 0.5) is 0 Å². The normalized spacial score (nSPS) is 27.6. The van der Waals surface area contributed by atoms with E-state index in [-0.39, 0.29) is 6.10 Å². The Morgan fingerprint density at radius 2 is 2.43 bits per heavy atom. The fourth-order valence-corrected chi connectivity index (χ4v) is 3.33. The number of nitrogens with one attached hydrogen (secondary N) is 1. The number of fused-ring (bicyclic) bond motifs is 1. The fraction of sp³-hybridized carbons (Fsp3) is 0.562. The Morgan fingerprint density at radius 1 is 1.57 bits per heavy atom. The van der Waals surface area contributed by atoms with Crippen molar-refractivity contribution in [2.45, 2.75) is 37.3 Å². The van der Waals surface area contributed by atoms with E-state index in [1.165, 1.54) is 0 Å². The van der Waals surface area contributed by atoms with Gasteiger partial charge in [0.05, 0.1) is 13.2 Å². The van der Waals surface area contributed by atoms with Crippen LogP contribution in [-0.4, -0.2) is 37.4 Å². The van der Waals surface area contributed by atoms with E-state index in [1.807, 2.05) is 18.2 Å². The summed E-state index contributed by atoms with van der Waals surface area (Å²) in [5.41, 5.74) is 0.890. The molecule has 114 valence electrons. The van der Waals surface area contributed by atoms with Gasteiger partial charge in [-0.1, -0.05) is 6.07 Å². The van der Waals surface area contributed by atoms with Crippen LogP contribution in [0.2, 0.25) is 0 Å². The molecule has 1 aromatic carbocycles. The zero-order valence-corrected chi connectivity index (χ0v) is 12.2. The van der Waals surface area contributed by atoms with Crippen molar-refractivity contribution in [3.05, 3.63) is 29.3 Å². The topological polar surface area (TPSA) is 67.8 Å². The van der Waals surface area contributed by atoms with Crippen molar-refractivity contribution in [3.8, 4) is 5.75 Å². The summed E-state index contributed by atoms with van der Waals surface area (Å²) >= 11 is 0. The summed E-state index contributed by atoms with van der Waals surface area (Å²) in [5.74, 6) is -0.132. The molecule has 0 saturated carbocycles. The molecule has 5 heteroatoms. The lowest BCUT2D eigenvalue weighted by Crippen LogP contribution is -2.50. The number of ether oxygens (including phenoxy) is 2. The molecule has 2 aliphatic rings. The van der Waals surface area contributed by atoms with E-state index in [4.69, 9.17) is 9.47 Å². The van der Waals surface area contributed by atoms with Crippen molar-refractivity contribution in [1.82, 2.24) is 5.32 Å². The Hall–Kier alpha value is -1.59. The van der Waals surface area contributed by atoms with Gasteiger partial charge in [0, 0.05) is 13.2 Å². The van der Waals surface area contributed by atoms with E-state index >= 15 is 0 Å². The van der Waals surface area contributed by atoms with Crippen LogP contribution in [0.3, 0.4) is 0 Å². The molecule has 5 nitrogen and oxygen atoms in total. The third-order valence-corrected chi connectivity index (χ3v) is 4.57. The Balaban J connectivity index is 1.87. The summed E-state index contributed by atoms with van der Waals surface area (Å²) in [6.45, 7) is 1.35.